The van der Waals surface area contributed by atoms with Gasteiger partial charge < -0.3 is 4.90 Å². The van der Waals surface area contributed by atoms with Crippen LogP contribution in [0.25, 0.3) is 0 Å². The zero-order valence-corrected chi connectivity index (χ0v) is 18.4. The molecule has 1 aromatic rings. The summed E-state index contributed by atoms with van der Waals surface area (Å²) in [6.07, 6.45) is 12.2. The molecule has 2 saturated carbocycles. The second-order valence-electron chi connectivity index (χ2n) is 9.09. The van der Waals surface area contributed by atoms with Crippen molar-refractivity contribution in [2.45, 2.75) is 87.6 Å². The summed E-state index contributed by atoms with van der Waals surface area (Å²) >= 11 is 0. The molecule has 29 heavy (non-hydrogen) atoms. The van der Waals surface area contributed by atoms with Crippen LogP contribution in [-0.2, 0) is 10.0 Å². The number of nitrogens with zero attached hydrogens (tertiary/aromatic N) is 2. The number of likely N-dealkylation sites (tertiary alicyclic amines) is 1. The maximum absolute atomic E-state index is 13.3. The van der Waals surface area contributed by atoms with Gasteiger partial charge in [0.2, 0.25) is 10.0 Å². The first-order valence-electron chi connectivity index (χ1n) is 11.4. The highest BCUT2D eigenvalue weighted by molar-refractivity contribution is 7.89. The summed E-state index contributed by atoms with van der Waals surface area (Å²) in [5, 5.41) is 0. The number of rotatable bonds is 4. The van der Waals surface area contributed by atoms with E-state index in [2.05, 4.69) is 0 Å². The minimum absolute atomic E-state index is 0.000954. The van der Waals surface area contributed by atoms with Crippen LogP contribution >= 0.6 is 0 Å². The summed E-state index contributed by atoms with van der Waals surface area (Å²) in [7, 11) is -1.89. The van der Waals surface area contributed by atoms with Crippen molar-refractivity contribution in [1.29, 1.82) is 0 Å². The molecular weight excluding hydrogens is 384 g/mol. The van der Waals surface area contributed by atoms with E-state index in [-0.39, 0.29) is 16.8 Å². The van der Waals surface area contributed by atoms with E-state index in [1.165, 1.54) is 36.4 Å². The Hall–Kier alpha value is -1.40. The SMILES string of the molecule is CN(C1CCCCC1)S(=O)(=O)c1cccc(C(=O)N2CCCC3CCCCC32)c1. The first kappa shape index (κ1) is 20.9. The number of fused-ring (bicyclic) bond motifs is 1. The average molecular weight is 419 g/mol. The van der Waals surface area contributed by atoms with Crippen molar-refractivity contribution in [3.05, 3.63) is 29.8 Å². The summed E-state index contributed by atoms with van der Waals surface area (Å²) in [6, 6.07) is 7.12. The van der Waals surface area contributed by atoms with E-state index in [9.17, 15) is 13.2 Å². The highest BCUT2D eigenvalue weighted by atomic mass is 32.2. The second-order valence-corrected chi connectivity index (χ2v) is 11.1. The Bertz CT molecular complexity index is 830. The van der Waals surface area contributed by atoms with Crippen LogP contribution in [0.3, 0.4) is 0 Å². The topological polar surface area (TPSA) is 57.7 Å². The average Bonchev–Trinajstić information content (AvgIpc) is 2.78. The zero-order chi connectivity index (χ0) is 20.4. The molecule has 3 fully saturated rings. The van der Waals surface area contributed by atoms with Gasteiger partial charge in [-0.15, -0.1) is 0 Å². The number of amides is 1. The fourth-order valence-electron chi connectivity index (χ4n) is 5.64. The number of carbonyl (C=O) groups is 1. The lowest BCUT2D eigenvalue weighted by atomic mass is 9.78. The van der Waals surface area contributed by atoms with E-state index in [0.717, 1.165) is 45.1 Å². The molecule has 5 nitrogen and oxygen atoms in total. The van der Waals surface area contributed by atoms with Crippen LogP contribution < -0.4 is 0 Å². The zero-order valence-electron chi connectivity index (χ0n) is 17.6. The molecule has 0 radical (unpaired) electrons. The van der Waals surface area contributed by atoms with Gasteiger partial charge in [-0.25, -0.2) is 8.42 Å². The normalized spacial score (nSPS) is 26.3. The quantitative estimate of drug-likeness (QED) is 0.727. The van der Waals surface area contributed by atoms with E-state index >= 15 is 0 Å². The summed E-state index contributed by atoms with van der Waals surface area (Å²) in [5.74, 6) is 0.616. The fraction of sp³-hybridized carbons (Fsp3) is 0.696. The highest BCUT2D eigenvalue weighted by Gasteiger charge is 2.36. The lowest BCUT2D eigenvalue weighted by Gasteiger charge is -2.44. The Kier molecular flexibility index (Phi) is 6.30. The fourth-order valence-corrected chi connectivity index (χ4v) is 7.10. The lowest BCUT2D eigenvalue weighted by molar-refractivity contribution is 0.0390. The molecule has 1 heterocycles. The number of piperidine rings is 1. The van der Waals surface area contributed by atoms with Crippen molar-refractivity contribution in [3.8, 4) is 0 Å². The molecule has 6 heteroatoms. The lowest BCUT2D eigenvalue weighted by Crippen LogP contribution is -2.49. The predicted molar refractivity (Wildman–Crippen MR) is 114 cm³/mol. The van der Waals surface area contributed by atoms with Crippen molar-refractivity contribution in [3.63, 3.8) is 0 Å². The Morgan fingerprint density at radius 1 is 0.966 bits per heavy atom. The Morgan fingerprint density at radius 3 is 2.45 bits per heavy atom. The molecular formula is C23H34N2O3S. The predicted octanol–water partition coefficient (Wildman–Crippen LogP) is 4.43. The van der Waals surface area contributed by atoms with Crippen LogP contribution in [-0.4, -0.2) is 49.2 Å². The van der Waals surface area contributed by atoms with Gasteiger partial charge in [0.05, 0.1) is 4.90 Å². The van der Waals surface area contributed by atoms with Gasteiger partial charge >= 0.3 is 0 Å². The molecule has 2 atom stereocenters. The Balaban J connectivity index is 1.55. The first-order valence-corrected chi connectivity index (χ1v) is 12.8. The van der Waals surface area contributed by atoms with Gasteiger partial charge in [0, 0.05) is 31.2 Å². The number of hydrogen-bond donors (Lipinski definition) is 0. The van der Waals surface area contributed by atoms with E-state index in [1.54, 1.807) is 31.3 Å². The molecule has 1 amide bonds. The van der Waals surface area contributed by atoms with Crippen LogP contribution in [0, 0.1) is 5.92 Å². The molecule has 3 aliphatic rings. The number of sulfonamides is 1. The third-order valence-corrected chi connectivity index (χ3v) is 9.26. The van der Waals surface area contributed by atoms with Gasteiger partial charge in [-0.05, 0) is 62.6 Å². The molecule has 160 valence electrons. The van der Waals surface area contributed by atoms with Gasteiger partial charge in [-0.3, -0.25) is 4.79 Å². The van der Waals surface area contributed by atoms with Crippen LogP contribution in [0.5, 0.6) is 0 Å². The van der Waals surface area contributed by atoms with E-state index in [4.69, 9.17) is 0 Å². The molecule has 2 aliphatic carbocycles. The third-order valence-electron chi connectivity index (χ3n) is 7.35. The van der Waals surface area contributed by atoms with E-state index in [0.29, 0.717) is 17.5 Å². The molecule has 2 unspecified atom stereocenters. The standard InChI is InChI=1S/C23H34N2O3S/c1-24(20-12-3-2-4-13-20)29(27,28)21-14-7-10-19(17-21)23(26)25-16-8-11-18-9-5-6-15-22(18)25/h7,10,14,17-18,20,22H,2-6,8-9,11-13,15-16H2,1H3. The highest BCUT2D eigenvalue weighted by Crippen LogP contribution is 2.36. The van der Waals surface area contributed by atoms with Crippen molar-refractivity contribution in [2.75, 3.05) is 13.6 Å². The molecule has 1 aliphatic heterocycles. The minimum atomic E-state index is -3.59. The number of hydrogen-bond acceptors (Lipinski definition) is 3. The van der Waals surface area contributed by atoms with Crippen LogP contribution in [0.2, 0.25) is 0 Å². The number of benzene rings is 1. The van der Waals surface area contributed by atoms with Gasteiger partial charge in [-0.2, -0.15) is 4.31 Å². The van der Waals surface area contributed by atoms with Crippen molar-refractivity contribution >= 4 is 15.9 Å². The smallest absolute Gasteiger partial charge is 0.254 e. The Morgan fingerprint density at radius 2 is 1.66 bits per heavy atom. The van der Waals surface area contributed by atoms with Gasteiger partial charge in [0.1, 0.15) is 0 Å². The van der Waals surface area contributed by atoms with E-state index < -0.39 is 10.0 Å². The molecule has 1 aromatic carbocycles. The molecule has 0 aromatic heterocycles. The van der Waals surface area contributed by atoms with Gasteiger partial charge in [0.15, 0.2) is 0 Å². The summed E-state index contributed by atoms with van der Waals surface area (Å²) < 4.78 is 28.0. The number of carbonyl (C=O) groups excluding carboxylic acids is 1. The van der Waals surface area contributed by atoms with Crippen LogP contribution in [0.4, 0.5) is 0 Å². The minimum Gasteiger partial charge on any atom is -0.335 e. The van der Waals surface area contributed by atoms with Crippen molar-refractivity contribution in [1.82, 2.24) is 9.21 Å². The molecule has 0 spiro atoms. The monoisotopic (exact) mass is 418 g/mol. The van der Waals surface area contributed by atoms with Gasteiger partial charge in [0.25, 0.3) is 5.91 Å². The largest absolute Gasteiger partial charge is 0.335 e. The van der Waals surface area contributed by atoms with Crippen molar-refractivity contribution in [2.24, 2.45) is 5.92 Å². The molecule has 1 saturated heterocycles. The van der Waals surface area contributed by atoms with Gasteiger partial charge in [-0.1, -0.05) is 38.2 Å². The maximum atomic E-state index is 13.3. The van der Waals surface area contributed by atoms with Crippen molar-refractivity contribution < 1.29 is 13.2 Å². The molecule has 4 rings (SSSR count). The third kappa shape index (κ3) is 4.24. The Labute approximate surface area is 175 Å². The second kappa shape index (κ2) is 8.76. The van der Waals surface area contributed by atoms with E-state index in [1.807, 2.05) is 4.90 Å². The summed E-state index contributed by atoms with van der Waals surface area (Å²) in [6.45, 7) is 0.791. The maximum Gasteiger partial charge on any atom is 0.254 e. The molecule has 0 bridgehead atoms. The van der Waals surface area contributed by atoms with Crippen LogP contribution in [0.1, 0.15) is 81.0 Å². The molecule has 0 N–H and O–H groups in total. The summed E-state index contributed by atoms with van der Waals surface area (Å²) in [4.78, 5) is 15.6. The summed E-state index contributed by atoms with van der Waals surface area (Å²) in [5.41, 5.74) is 0.509. The first-order chi connectivity index (χ1) is 14.0. The van der Waals surface area contributed by atoms with Crippen LogP contribution in [0.15, 0.2) is 29.2 Å².